The number of nitrogens with zero attached hydrogens (tertiary/aromatic N) is 1. The Morgan fingerprint density at radius 2 is 2.08 bits per heavy atom. The third-order valence-corrected chi connectivity index (χ3v) is 3.67. The van der Waals surface area contributed by atoms with E-state index >= 15 is 0 Å². The molecular formula is C18H24N2O5. The molecule has 1 aliphatic rings. The van der Waals surface area contributed by atoms with E-state index in [2.05, 4.69) is 5.32 Å². The van der Waals surface area contributed by atoms with E-state index in [4.69, 9.17) is 14.6 Å². The van der Waals surface area contributed by atoms with Crippen LogP contribution in [0.1, 0.15) is 13.8 Å². The smallest absolute Gasteiger partial charge is 0.337 e. The van der Waals surface area contributed by atoms with Gasteiger partial charge in [-0.05, 0) is 18.1 Å². The minimum absolute atomic E-state index is 0.101. The van der Waals surface area contributed by atoms with Crippen molar-refractivity contribution in [1.82, 2.24) is 4.90 Å². The highest BCUT2D eigenvalue weighted by Gasteiger charge is 2.34. The van der Waals surface area contributed by atoms with Gasteiger partial charge in [-0.3, -0.25) is 4.79 Å². The number of benzene rings is 1. The van der Waals surface area contributed by atoms with Crippen LogP contribution in [-0.2, 0) is 14.3 Å². The van der Waals surface area contributed by atoms with Crippen LogP contribution in [0.5, 0.6) is 5.75 Å². The molecular weight excluding hydrogens is 324 g/mol. The first-order valence-corrected chi connectivity index (χ1v) is 8.18. The number of anilines is 1. The molecule has 0 atom stereocenters. The molecule has 1 heterocycles. The van der Waals surface area contributed by atoms with Crippen molar-refractivity contribution in [2.75, 3.05) is 38.7 Å². The van der Waals surface area contributed by atoms with Crippen molar-refractivity contribution in [2.45, 2.75) is 13.8 Å². The maximum Gasteiger partial charge on any atom is 0.337 e. The molecule has 0 unspecified atom stereocenters. The minimum Gasteiger partial charge on any atom is -0.491 e. The summed E-state index contributed by atoms with van der Waals surface area (Å²) in [5, 5.41) is 12.1. The van der Waals surface area contributed by atoms with E-state index in [1.807, 2.05) is 26.0 Å². The number of amides is 1. The Labute approximate surface area is 147 Å². The summed E-state index contributed by atoms with van der Waals surface area (Å²) in [6, 6.07) is 7.23. The second-order valence-electron chi connectivity index (χ2n) is 6.12. The van der Waals surface area contributed by atoms with Crippen molar-refractivity contribution in [2.24, 2.45) is 5.92 Å². The molecule has 1 aromatic carbocycles. The van der Waals surface area contributed by atoms with Gasteiger partial charge in [-0.25, -0.2) is 4.79 Å². The zero-order valence-corrected chi connectivity index (χ0v) is 14.7. The van der Waals surface area contributed by atoms with E-state index in [1.165, 1.54) is 12.0 Å². The molecule has 0 fully saturated rings. The number of esters is 1. The predicted molar refractivity (Wildman–Crippen MR) is 93.1 cm³/mol. The van der Waals surface area contributed by atoms with Crippen LogP contribution in [0.4, 0.5) is 5.69 Å². The average Bonchev–Trinajstić information content (AvgIpc) is 2.90. The predicted octanol–water partition coefficient (Wildman–Crippen LogP) is 1.39. The fraction of sp³-hybridized carbons (Fsp3) is 0.444. The molecule has 1 amide bonds. The number of β-amino-alcohol motifs (C(OH)–C–C–N with tert-alkyl or cyclic N) is 1. The van der Waals surface area contributed by atoms with Crippen LogP contribution in [0, 0.1) is 5.92 Å². The van der Waals surface area contributed by atoms with E-state index in [1.54, 1.807) is 12.1 Å². The van der Waals surface area contributed by atoms with Crippen LogP contribution >= 0.6 is 0 Å². The van der Waals surface area contributed by atoms with Gasteiger partial charge in [0, 0.05) is 6.54 Å². The lowest BCUT2D eigenvalue weighted by atomic mass is 10.2. The van der Waals surface area contributed by atoms with Crippen LogP contribution in [0.25, 0.3) is 0 Å². The molecule has 0 bridgehead atoms. The number of aliphatic hydroxyl groups is 1. The maximum absolute atomic E-state index is 12.6. The van der Waals surface area contributed by atoms with Gasteiger partial charge in [0.2, 0.25) is 0 Å². The number of hydrogen-bond acceptors (Lipinski definition) is 6. The Hall–Kier alpha value is -2.54. The van der Waals surface area contributed by atoms with Gasteiger partial charge in [0.05, 0.1) is 38.1 Å². The van der Waals surface area contributed by atoms with Crippen LogP contribution in [-0.4, -0.2) is 55.3 Å². The topological polar surface area (TPSA) is 88.1 Å². The van der Waals surface area contributed by atoms with E-state index in [-0.39, 0.29) is 36.9 Å². The first kappa shape index (κ1) is 18.8. The summed E-state index contributed by atoms with van der Waals surface area (Å²) < 4.78 is 10.6. The Morgan fingerprint density at radius 1 is 1.36 bits per heavy atom. The summed E-state index contributed by atoms with van der Waals surface area (Å²) in [4.78, 5) is 26.0. The second-order valence-corrected chi connectivity index (χ2v) is 6.12. The Bertz CT molecular complexity index is 669. The Kier molecular flexibility index (Phi) is 6.41. The standard InChI is InChI=1S/C18H24N2O5/c1-12(2)11-25-15-7-5-4-6-14(15)19-16-13(18(23)24-3)10-20(8-9-21)17(16)22/h4-7,12,19,21H,8-11H2,1-3H3. The van der Waals surface area contributed by atoms with Gasteiger partial charge < -0.3 is 24.8 Å². The second kappa shape index (κ2) is 8.53. The molecule has 2 N–H and O–H groups in total. The first-order chi connectivity index (χ1) is 12.0. The number of carbonyl (C=O) groups excluding carboxylic acids is 2. The summed E-state index contributed by atoms with van der Waals surface area (Å²) >= 11 is 0. The third-order valence-electron chi connectivity index (χ3n) is 3.67. The number of ether oxygens (including phenoxy) is 2. The number of para-hydroxylation sites is 2. The van der Waals surface area contributed by atoms with Crippen LogP contribution in [0.15, 0.2) is 35.5 Å². The summed E-state index contributed by atoms with van der Waals surface area (Å²) in [7, 11) is 1.27. The van der Waals surface area contributed by atoms with Gasteiger partial charge in [0.1, 0.15) is 11.4 Å². The summed E-state index contributed by atoms with van der Waals surface area (Å²) in [6.45, 7) is 4.69. The molecule has 25 heavy (non-hydrogen) atoms. The van der Waals surface area contributed by atoms with Crippen LogP contribution in [0.3, 0.4) is 0 Å². The number of aliphatic hydroxyl groups excluding tert-OH is 1. The van der Waals surface area contributed by atoms with Crippen molar-refractivity contribution in [3.05, 3.63) is 35.5 Å². The third kappa shape index (κ3) is 4.51. The highest BCUT2D eigenvalue weighted by Crippen LogP contribution is 2.29. The van der Waals surface area contributed by atoms with Crippen molar-refractivity contribution in [1.29, 1.82) is 0 Å². The summed E-state index contributed by atoms with van der Waals surface area (Å²) in [5.74, 6) is 0.0253. The Balaban J connectivity index is 2.29. The van der Waals surface area contributed by atoms with E-state index < -0.39 is 5.97 Å². The molecule has 0 spiro atoms. The molecule has 7 heteroatoms. The van der Waals surface area contributed by atoms with Gasteiger partial charge in [0.25, 0.3) is 5.91 Å². The minimum atomic E-state index is -0.572. The molecule has 0 saturated heterocycles. The molecule has 136 valence electrons. The monoisotopic (exact) mass is 348 g/mol. The molecule has 0 saturated carbocycles. The zero-order chi connectivity index (χ0) is 18.4. The van der Waals surface area contributed by atoms with Crippen LogP contribution < -0.4 is 10.1 Å². The SMILES string of the molecule is COC(=O)C1=C(Nc2ccccc2OCC(C)C)C(=O)N(CCO)C1. The number of nitrogens with one attached hydrogen (secondary N) is 1. The average molecular weight is 348 g/mol. The lowest BCUT2D eigenvalue weighted by molar-refractivity contribution is -0.136. The van der Waals surface area contributed by atoms with Crippen molar-refractivity contribution >= 4 is 17.6 Å². The highest BCUT2D eigenvalue weighted by atomic mass is 16.5. The molecule has 1 aromatic rings. The maximum atomic E-state index is 12.6. The molecule has 2 rings (SSSR count). The van der Waals surface area contributed by atoms with Gasteiger partial charge in [-0.15, -0.1) is 0 Å². The molecule has 7 nitrogen and oxygen atoms in total. The highest BCUT2D eigenvalue weighted by molar-refractivity contribution is 6.08. The zero-order valence-electron chi connectivity index (χ0n) is 14.7. The van der Waals surface area contributed by atoms with Gasteiger partial charge >= 0.3 is 5.97 Å². The fourth-order valence-corrected chi connectivity index (χ4v) is 2.44. The molecule has 0 aliphatic carbocycles. The number of methoxy groups -OCH3 is 1. The van der Waals surface area contributed by atoms with E-state index in [9.17, 15) is 9.59 Å². The quantitative estimate of drug-likeness (QED) is 0.691. The summed E-state index contributed by atoms with van der Waals surface area (Å²) in [5.41, 5.74) is 0.985. The first-order valence-electron chi connectivity index (χ1n) is 8.18. The van der Waals surface area contributed by atoms with Crippen molar-refractivity contribution in [3.63, 3.8) is 0 Å². The van der Waals surface area contributed by atoms with Crippen LogP contribution in [0.2, 0.25) is 0 Å². The fourth-order valence-electron chi connectivity index (χ4n) is 2.44. The lowest BCUT2D eigenvalue weighted by Gasteiger charge is -2.17. The molecule has 0 radical (unpaired) electrons. The lowest BCUT2D eigenvalue weighted by Crippen LogP contribution is -2.31. The number of carbonyl (C=O) groups is 2. The summed E-state index contributed by atoms with van der Waals surface area (Å²) in [6.07, 6.45) is 0. The number of hydrogen-bond donors (Lipinski definition) is 2. The van der Waals surface area contributed by atoms with Crippen molar-refractivity contribution < 1.29 is 24.2 Å². The molecule has 0 aromatic heterocycles. The Morgan fingerprint density at radius 3 is 2.72 bits per heavy atom. The van der Waals surface area contributed by atoms with Gasteiger partial charge in [-0.1, -0.05) is 26.0 Å². The van der Waals surface area contributed by atoms with Gasteiger partial charge in [0.15, 0.2) is 0 Å². The van der Waals surface area contributed by atoms with Crippen molar-refractivity contribution in [3.8, 4) is 5.75 Å². The van der Waals surface area contributed by atoms with Gasteiger partial charge in [-0.2, -0.15) is 0 Å². The molecule has 1 aliphatic heterocycles. The van der Waals surface area contributed by atoms with E-state index in [0.717, 1.165) is 0 Å². The largest absolute Gasteiger partial charge is 0.491 e. The van der Waals surface area contributed by atoms with E-state index in [0.29, 0.717) is 24.0 Å². The number of rotatable bonds is 8. The normalized spacial score (nSPS) is 14.3.